The summed E-state index contributed by atoms with van der Waals surface area (Å²) in [7, 11) is 6.20. The Bertz CT molecular complexity index is 1780. The molecule has 0 radical (unpaired) electrons. The van der Waals surface area contributed by atoms with Crippen LogP contribution in [-0.2, 0) is 21.4 Å². The number of carbonyl (C=O) groups excluding carboxylic acids is 2. The summed E-state index contributed by atoms with van der Waals surface area (Å²) < 4.78 is 0. The minimum absolute atomic E-state index is 0.0149. The molecule has 1 aliphatic heterocycles. The fraction of sp³-hybridized carbons (Fsp3) is 0.257. The van der Waals surface area contributed by atoms with Gasteiger partial charge in [-0.05, 0) is 47.5 Å². The number of fused-ring (bicyclic) bond motifs is 2. The first-order valence-corrected chi connectivity index (χ1v) is 19.7. The molecule has 224 valence electrons. The maximum atomic E-state index is 13.7. The summed E-state index contributed by atoms with van der Waals surface area (Å²) in [5.41, 5.74) is 6.68. The number of benzene rings is 4. The van der Waals surface area contributed by atoms with Crippen molar-refractivity contribution in [2.24, 2.45) is 0 Å². The Balaban J connectivity index is 1.25. The normalized spacial score (nSPS) is 12.5. The van der Waals surface area contributed by atoms with Gasteiger partial charge in [-0.2, -0.15) is 0 Å². The van der Waals surface area contributed by atoms with E-state index in [1.807, 2.05) is 87.5 Å². The van der Waals surface area contributed by atoms with Gasteiger partial charge in [0.05, 0.1) is 0 Å². The monoisotopic (exact) mass is 732 g/mol. The Morgan fingerprint density at radius 1 is 0.909 bits per heavy atom. The molecule has 1 aliphatic rings. The quantitative estimate of drug-likeness (QED) is 0.0547. The van der Waals surface area contributed by atoms with E-state index in [1.54, 1.807) is 4.90 Å². The molecule has 0 saturated carbocycles. The summed E-state index contributed by atoms with van der Waals surface area (Å²) in [6, 6.07) is 27.9. The summed E-state index contributed by atoms with van der Waals surface area (Å²) in [6.07, 6.45) is 2.57. The molecule has 0 saturated heterocycles. The molecule has 0 fully saturated rings. The zero-order valence-corrected chi connectivity index (χ0v) is 29.0. The second-order valence-corrected chi connectivity index (χ2v) is 17.3. The van der Waals surface area contributed by atoms with Crippen molar-refractivity contribution in [1.29, 1.82) is 0 Å². The van der Waals surface area contributed by atoms with Gasteiger partial charge in [-0.3, -0.25) is 0 Å². The molecule has 1 atom stereocenters. The van der Waals surface area contributed by atoms with Crippen LogP contribution in [0.4, 0.5) is 22.7 Å². The van der Waals surface area contributed by atoms with Crippen molar-refractivity contribution in [1.82, 2.24) is 0 Å². The van der Waals surface area contributed by atoms with Crippen LogP contribution in [-0.4, -0.2) is 23.1 Å². The third-order valence-electron chi connectivity index (χ3n) is 7.64. The molecule has 0 aliphatic carbocycles. The van der Waals surface area contributed by atoms with E-state index in [4.69, 9.17) is 7.01 Å². The van der Waals surface area contributed by atoms with Gasteiger partial charge < -0.3 is 5.32 Å². The van der Waals surface area contributed by atoms with Crippen LogP contribution in [0.2, 0.25) is 0 Å². The predicted molar refractivity (Wildman–Crippen MR) is 195 cm³/mol. The van der Waals surface area contributed by atoms with E-state index < -0.39 is 4.88 Å². The zero-order chi connectivity index (χ0) is 31.4. The van der Waals surface area contributed by atoms with Crippen molar-refractivity contribution < 1.29 is 14.7 Å². The van der Waals surface area contributed by atoms with E-state index in [9.17, 15) is 14.7 Å². The molecule has 0 spiro atoms. The third-order valence-corrected chi connectivity index (χ3v) is 11.0. The molecule has 5 nitrogen and oxygen atoms in total. The van der Waals surface area contributed by atoms with E-state index in [2.05, 4.69) is 45.6 Å². The number of hydrogen-bond donors (Lipinski definition) is 2. The Morgan fingerprint density at radius 3 is 2.32 bits per heavy atom. The third kappa shape index (κ3) is 7.64. The Kier molecular flexibility index (Phi) is 10.3. The van der Waals surface area contributed by atoms with E-state index in [-0.39, 0.29) is 22.2 Å². The minimum atomic E-state index is -0.904. The molecule has 0 bridgehead atoms. The molecule has 4 aromatic rings. The van der Waals surface area contributed by atoms with Gasteiger partial charge in [0.15, 0.2) is 0 Å². The van der Waals surface area contributed by atoms with Crippen molar-refractivity contribution in [3.8, 4) is 5.75 Å². The number of aromatic hydroxyl groups is 1. The van der Waals surface area contributed by atoms with Crippen molar-refractivity contribution in [3.63, 3.8) is 0 Å². The van der Waals surface area contributed by atoms with Crippen LogP contribution in [0, 0.1) is 0 Å². The molecular weight excluding hydrogens is 697 g/mol. The summed E-state index contributed by atoms with van der Waals surface area (Å²) in [6.45, 7) is 6.09. The van der Waals surface area contributed by atoms with Gasteiger partial charge in [-0.15, -0.1) is 0 Å². The van der Waals surface area contributed by atoms with Crippen LogP contribution in [0.3, 0.4) is 0 Å². The summed E-state index contributed by atoms with van der Waals surface area (Å²) in [5, 5.41) is 15.4. The van der Waals surface area contributed by atoms with E-state index in [0.29, 0.717) is 30.6 Å². The van der Waals surface area contributed by atoms with E-state index in [1.165, 1.54) is 5.56 Å². The Hall–Kier alpha value is -2.94. The van der Waals surface area contributed by atoms with Gasteiger partial charge in [0, 0.05) is 29.2 Å². The molecule has 1 heterocycles. The molecule has 44 heavy (non-hydrogen) atoms. The zero-order valence-electron chi connectivity index (χ0n) is 25.1. The van der Waals surface area contributed by atoms with Crippen LogP contribution in [0.1, 0.15) is 63.1 Å². The molecule has 4 aromatic carbocycles. The van der Waals surface area contributed by atoms with Crippen LogP contribution in [0.15, 0.2) is 89.8 Å². The number of phenols is 1. The van der Waals surface area contributed by atoms with Crippen LogP contribution >= 0.6 is 38.7 Å². The maximum absolute atomic E-state index is 13.7. The van der Waals surface area contributed by atoms with Gasteiger partial charge >= 0.3 is 162 Å². The first-order valence-electron chi connectivity index (χ1n) is 14.7. The van der Waals surface area contributed by atoms with Gasteiger partial charge in [0.25, 0.3) is 0 Å². The van der Waals surface area contributed by atoms with Crippen LogP contribution in [0.5, 0.6) is 5.75 Å². The first-order chi connectivity index (χ1) is 21.0. The van der Waals surface area contributed by atoms with Crippen molar-refractivity contribution in [3.05, 3.63) is 102 Å². The first kappa shape index (κ1) is 32.5. The van der Waals surface area contributed by atoms with Crippen LogP contribution < -0.4 is 15.5 Å². The SMILES string of the molecule is B#P(I)c1cc(SC(=O)CCCCC(=O)N(c2ccccc2)c2ccc3c(c2)Cc2ccccc2N3)c(O)c(C(C)(C)C)c1. The molecule has 5 rings (SSSR count). The predicted octanol–water partition coefficient (Wildman–Crippen LogP) is 9.42. The van der Waals surface area contributed by atoms with Gasteiger partial charge in [-0.1, -0.05) is 36.4 Å². The number of thioether (sulfide) groups is 1. The molecule has 2 N–H and O–H groups in total. The van der Waals surface area contributed by atoms with Crippen molar-refractivity contribution >= 4 is 84.8 Å². The number of phenolic OH excluding ortho intramolecular Hbond substituents is 1. The number of carbonyl (C=O) groups is 2. The second-order valence-electron chi connectivity index (χ2n) is 11.9. The van der Waals surface area contributed by atoms with E-state index in [0.717, 1.165) is 57.4 Å². The number of para-hydroxylation sites is 2. The summed E-state index contributed by atoms with van der Waals surface area (Å²) in [4.78, 5) is 28.1. The topological polar surface area (TPSA) is 69.6 Å². The van der Waals surface area contributed by atoms with Gasteiger partial charge in [0.1, 0.15) is 0 Å². The number of nitrogens with zero attached hydrogens (tertiary/aromatic N) is 1. The Labute approximate surface area is 278 Å². The van der Waals surface area contributed by atoms with E-state index >= 15 is 0 Å². The summed E-state index contributed by atoms with van der Waals surface area (Å²) in [5.74, 6) is 0.129. The number of hydrogen-bond acceptors (Lipinski definition) is 5. The molecule has 9 heteroatoms. The van der Waals surface area contributed by atoms with Gasteiger partial charge in [0.2, 0.25) is 0 Å². The number of halogens is 1. The number of unbranched alkanes of at least 4 members (excludes halogenated alkanes) is 1. The van der Waals surface area contributed by atoms with Crippen molar-refractivity contribution in [2.45, 2.75) is 63.2 Å². The standard InChI is InChI=1S/C35H35BIN2O3PS/c1-35(2,3)28-21-27(43(36)37)22-31(34(28)42)44-33(41)16-10-9-15-32(40)39(25-12-5-4-6-13-25)26-17-18-30-24(20-26)19-23-11-7-8-14-29(23)38-30/h4-8,11-14,17-18,20-22,38,42H,9-10,15-16,19H2,1-3H3. The van der Waals surface area contributed by atoms with Crippen molar-refractivity contribution in [2.75, 3.05) is 10.2 Å². The number of nitrogens with one attached hydrogen (secondary N) is 1. The fourth-order valence-corrected chi connectivity index (χ4v) is 7.66. The second kappa shape index (κ2) is 14.0. The van der Waals surface area contributed by atoms with Gasteiger partial charge in [-0.25, -0.2) is 0 Å². The average molecular weight is 732 g/mol. The summed E-state index contributed by atoms with van der Waals surface area (Å²) >= 11 is 3.26. The fourth-order valence-electron chi connectivity index (χ4n) is 5.35. The number of anilines is 4. The molecule has 1 amide bonds. The Morgan fingerprint density at radius 2 is 1.59 bits per heavy atom. The van der Waals surface area contributed by atoms with Crippen LogP contribution in [0.25, 0.3) is 0 Å². The molecular formula is C35H35BIN2O3PS. The number of amides is 1. The number of rotatable bonds is 8. The molecule has 1 unspecified atom stereocenters. The average Bonchev–Trinajstić information content (AvgIpc) is 2.99. The molecule has 0 aromatic heterocycles.